The number of aryl methyl sites for hydroxylation is 2. The molecule has 3 aromatic rings. The number of H-pyrrole nitrogens is 1. The zero-order valence-electron chi connectivity index (χ0n) is 13.6. The number of hydrogen-bond donors (Lipinski definition) is 2. The number of carbonyl (C=O) groups is 1. The van der Waals surface area contributed by atoms with Crippen LogP contribution in [0.3, 0.4) is 0 Å². The predicted molar refractivity (Wildman–Crippen MR) is 95.9 cm³/mol. The number of rotatable bonds is 6. The SMILES string of the molecule is Cc1ccccc1CCCC(=O)N/N=C/c1ccc2[nH]cnc2c1. The van der Waals surface area contributed by atoms with Gasteiger partial charge in [-0.15, -0.1) is 0 Å². The molecule has 2 N–H and O–H groups in total. The van der Waals surface area contributed by atoms with Gasteiger partial charge in [0.1, 0.15) is 0 Å². The minimum atomic E-state index is -0.0688. The number of carbonyl (C=O) groups excluding carboxylic acids is 1. The van der Waals surface area contributed by atoms with Crippen molar-refractivity contribution < 1.29 is 4.79 Å². The first kappa shape index (κ1) is 15.9. The monoisotopic (exact) mass is 320 g/mol. The van der Waals surface area contributed by atoms with E-state index < -0.39 is 0 Å². The molecule has 5 nitrogen and oxygen atoms in total. The van der Waals surface area contributed by atoms with E-state index in [0.29, 0.717) is 6.42 Å². The third-order valence-corrected chi connectivity index (χ3v) is 3.96. The van der Waals surface area contributed by atoms with Crippen molar-refractivity contribution in [2.75, 3.05) is 0 Å². The molecule has 0 aliphatic heterocycles. The van der Waals surface area contributed by atoms with Crippen molar-refractivity contribution in [3.63, 3.8) is 0 Å². The van der Waals surface area contributed by atoms with Crippen LogP contribution in [0.4, 0.5) is 0 Å². The fourth-order valence-corrected chi connectivity index (χ4v) is 2.59. The summed E-state index contributed by atoms with van der Waals surface area (Å²) in [4.78, 5) is 19.1. The van der Waals surface area contributed by atoms with Gasteiger partial charge < -0.3 is 4.98 Å². The summed E-state index contributed by atoms with van der Waals surface area (Å²) in [5.41, 5.74) is 7.89. The van der Waals surface area contributed by atoms with Crippen LogP contribution >= 0.6 is 0 Å². The zero-order valence-corrected chi connectivity index (χ0v) is 13.6. The van der Waals surface area contributed by atoms with E-state index in [1.807, 2.05) is 30.3 Å². The van der Waals surface area contributed by atoms with E-state index in [1.54, 1.807) is 12.5 Å². The summed E-state index contributed by atoms with van der Waals surface area (Å²) in [6.07, 6.45) is 5.46. The summed E-state index contributed by atoms with van der Waals surface area (Å²) < 4.78 is 0. The number of benzene rings is 2. The molecule has 0 bridgehead atoms. The molecule has 5 heteroatoms. The summed E-state index contributed by atoms with van der Waals surface area (Å²) in [6.45, 7) is 2.09. The first-order valence-corrected chi connectivity index (χ1v) is 8.02. The lowest BCUT2D eigenvalue weighted by Gasteiger charge is -2.04. The van der Waals surface area contributed by atoms with Crippen LogP contribution in [0.1, 0.15) is 29.5 Å². The quantitative estimate of drug-likeness (QED) is 0.540. The van der Waals surface area contributed by atoms with Crippen LogP contribution in [0.2, 0.25) is 0 Å². The molecule has 1 heterocycles. The van der Waals surface area contributed by atoms with Crippen molar-refractivity contribution in [1.29, 1.82) is 0 Å². The third-order valence-electron chi connectivity index (χ3n) is 3.96. The Labute approximate surface area is 140 Å². The summed E-state index contributed by atoms with van der Waals surface area (Å²) in [5, 5.41) is 4.01. The number of amides is 1. The second kappa shape index (κ2) is 7.55. The molecule has 0 saturated carbocycles. The molecule has 3 rings (SSSR count). The Balaban J connectivity index is 1.45. The second-order valence-corrected chi connectivity index (χ2v) is 5.75. The van der Waals surface area contributed by atoms with E-state index in [-0.39, 0.29) is 5.91 Å². The number of imidazole rings is 1. The Kier molecular flexibility index (Phi) is 5.01. The molecule has 1 aromatic heterocycles. The highest BCUT2D eigenvalue weighted by molar-refractivity contribution is 5.87. The average Bonchev–Trinajstić information content (AvgIpc) is 3.04. The molecule has 0 aliphatic carbocycles. The standard InChI is InChI=1S/C19H20N4O/c1-14-5-2-3-6-16(14)7-4-8-19(24)23-22-12-15-9-10-17-18(11-15)21-13-20-17/h2-3,5-6,9-13H,4,7-8H2,1H3,(H,20,21)(H,23,24)/b22-12+. The average molecular weight is 320 g/mol. The van der Waals surface area contributed by atoms with E-state index >= 15 is 0 Å². The summed E-state index contributed by atoms with van der Waals surface area (Å²) in [5.74, 6) is -0.0688. The van der Waals surface area contributed by atoms with Gasteiger partial charge in [0.2, 0.25) is 5.91 Å². The Morgan fingerprint density at radius 2 is 2.17 bits per heavy atom. The molecule has 0 unspecified atom stereocenters. The highest BCUT2D eigenvalue weighted by Gasteiger charge is 2.02. The number of fused-ring (bicyclic) bond motifs is 1. The molecule has 122 valence electrons. The van der Waals surface area contributed by atoms with Gasteiger partial charge in [-0.2, -0.15) is 5.10 Å². The molecule has 1 amide bonds. The fourth-order valence-electron chi connectivity index (χ4n) is 2.59. The van der Waals surface area contributed by atoms with Gasteiger partial charge in [0, 0.05) is 6.42 Å². The van der Waals surface area contributed by atoms with E-state index in [4.69, 9.17) is 0 Å². The second-order valence-electron chi connectivity index (χ2n) is 5.75. The molecule has 0 aliphatic rings. The van der Waals surface area contributed by atoms with Crippen LogP contribution in [0.5, 0.6) is 0 Å². The minimum absolute atomic E-state index is 0.0688. The first-order chi connectivity index (χ1) is 11.7. The van der Waals surface area contributed by atoms with Crippen LogP contribution in [0.15, 0.2) is 53.9 Å². The van der Waals surface area contributed by atoms with Gasteiger partial charge in [0.15, 0.2) is 0 Å². The van der Waals surface area contributed by atoms with Crippen LogP contribution in [0, 0.1) is 6.92 Å². The highest BCUT2D eigenvalue weighted by Crippen LogP contribution is 2.11. The van der Waals surface area contributed by atoms with Crippen molar-refractivity contribution in [2.24, 2.45) is 5.10 Å². The summed E-state index contributed by atoms with van der Waals surface area (Å²) >= 11 is 0. The van der Waals surface area contributed by atoms with Gasteiger partial charge in [-0.05, 0) is 48.6 Å². The number of hydrazone groups is 1. The molecule has 24 heavy (non-hydrogen) atoms. The van der Waals surface area contributed by atoms with Crippen LogP contribution in [0.25, 0.3) is 11.0 Å². The van der Waals surface area contributed by atoms with Gasteiger partial charge in [0.05, 0.1) is 23.6 Å². The molecular weight excluding hydrogens is 300 g/mol. The Hall–Kier alpha value is -2.95. The van der Waals surface area contributed by atoms with E-state index in [0.717, 1.165) is 29.4 Å². The van der Waals surface area contributed by atoms with Gasteiger partial charge >= 0.3 is 0 Å². The highest BCUT2D eigenvalue weighted by atomic mass is 16.2. The maximum Gasteiger partial charge on any atom is 0.240 e. The van der Waals surface area contributed by atoms with E-state index in [1.165, 1.54) is 11.1 Å². The topological polar surface area (TPSA) is 70.1 Å². The normalized spacial score (nSPS) is 11.2. The molecule has 0 radical (unpaired) electrons. The summed E-state index contributed by atoms with van der Waals surface area (Å²) in [6, 6.07) is 14.0. The van der Waals surface area contributed by atoms with Gasteiger partial charge in [-0.25, -0.2) is 10.4 Å². The number of nitrogens with one attached hydrogen (secondary N) is 2. The molecule has 0 spiro atoms. The van der Waals surface area contributed by atoms with Crippen LogP contribution in [-0.2, 0) is 11.2 Å². The van der Waals surface area contributed by atoms with E-state index in [9.17, 15) is 4.79 Å². The number of hydrogen-bond acceptors (Lipinski definition) is 3. The van der Waals surface area contributed by atoms with Crippen molar-refractivity contribution >= 4 is 23.2 Å². The van der Waals surface area contributed by atoms with Gasteiger partial charge in [-0.1, -0.05) is 30.3 Å². The Bertz CT molecular complexity index is 866. The Morgan fingerprint density at radius 3 is 3.04 bits per heavy atom. The lowest BCUT2D eigenvalue weighted by molar-refractivity contribution is -0.121. The Morgan fingerprint density at radius 1 is 1.29 bits per heavy atom. The third kappa shape index (κ3) is 4.07. The molecule has 2 aromatic carbocycles. The van der Waals surface area contributed by atoms with Crippen molar-refractivity contribution in [3.05, 3.63) is 65.5 Å². The van der Waals surface area contributed by atoms with Gasteiger partial charge in [-0.3, -0.25) is 4.79 Å². The van der Waals surface area contributed by atoms with Crippen molar-refractivity contribution in [2.45, 2.75) is 26.2 Å². The maximum atomic E-state index is 11.8. The largest absolute Gasteiger partial charge is 0.345 e. The van der Waals surface area contributed by atoms with Gasteiger partial charge in [0.25, 0.3) is 0 Å². The van der Waals surface area contributed by atoms with Crippen LogP contribution < -0.4 is 5.43 Å². The summed E-state index contributed by atoms with van der Waals surface area (Å²) in [7, 11) is 0. The lowest BCUT2D eigenvalue weighted by Crippen LogP contribution is -2.17. The zero-order chi connectivity index (χ0) is 16.8. The molecule has 0 fully saturated rings. The first-order valence-electron chi connectivity index (χ1n) is 8.02. The smallest absolute Gasteiger partial charge is 0.240 e. The van der Waals surface area contributed by atoms with Crippen LogP contribution in [-0.4, -0.2) is 22.1 Å². The predicted octanol–water partition coefficient (Wildman–Crippen LogP) is 3.34. The fraction of sp³-hybridized carbons (Fsp3) is 0.211. The molecule has 0 atom stereocenters. The number of aromatic nitrogens is 2. The number of nitrogens with zero attached hydrogens (tertiary/aromatic N) is 2. The number of aromatic amines is 1. The van der Waals surface area contributed by atoms with Crippen molar-refractivity contribution in [1.82, 2.24) is 15.4 Å². The molecular formula is C19H20N4O. The maximum absolute atomic E-state index is 11.8. The minimum Gasteiger partial charge on any atom is -0.345 e. The lowest BCUT2D eigenvalue weighted by atomic mass is 10.0. The van der Waals surface area contributed by atoms with E-state index in [2.05, 4.69) is 39.6 Å². The molecule has 0 saturated heterocycles. The van der Waals surface area contributed by atoms with Crippen molar-refractivity contribution in [3.8, 4) is 0 Å².